The van der Waals surface area contributed by atoms with Crippen LogP contribution in [0.25, 0.3) is 11.1 Å². The van der Waals surface area contributed by atoms with Gasteiger partial charge in [-0.1, -0.05) is 18.2 Å². The third-order valence-corrected chi connectivity index (χ3v) is 7.88. The van der Waals surface area contributed by atoms with Gasteiger partial charge in [0.05, 0.1) is 25.5 Å². The second-order valence-corrected chi connectivity index (χ2v) is 12.0. The van der Waals surface area contributed by atoms with E-state index in [0.29, 0.717) is 50.0 Å². The number of rotatable bonds is 5. The Bertz CT molecular complexity index is 1550. The van der Waals surface area contributed by atoms with Gasteiger partial charge >= 0.3 is 6.18 Å². The van der Waals surface area contributed by atoms with Gasteiger partial charge in [0.15, 0.2) is 0 Å². The van der Waals surface area contributed by atoms with Gasteiger partial charge in [-0.25, -0.2) is 13.1 Å². The lowest BCUT2D eigenvalue weighted by molar-refractivity contribution is -0.141. The van der Waals surface area contributed by atoms with Crippen molar-refractivity contribution in [3.63, 3.8) is 0 Å². The Hall–Kier alpha value is -3.48. The smallest absolute Gasteiger partial charge is 0.433 e. The molecule has 40 heavy (non-hydrogen) atoms. The van der Waals surface area contributed by atoms with Crippen LogP contribution < -0.4 is 14.8 Å². The number of carbonyl (C=O) groups is 1. The fourth-order valence-corrected chi connectivity index (χ4v) is 5.92. The number of ether oxygens (including phenoxy) is 2. The molecular formula is C28H28F3N3O5S. The highest BCUT2D eigenvalue weighted by Crippen LogP contribution is 2.46. The summed E-state index contributed by atoms with van der Waals surface area (Å²) >= 11 is 0. The fraction of sp³-hybridized carbons (Fsp3) is 0.357. The fourth-order valence-electron chi connectivity index (χ4n) is 5.19. The summed E-state index contributed by atoms with van der Waals surface area (Å²) < 4.78 is 78.2. The van der Waals surface area contributed by atoms with E-state index in [-0.39, 0.29) is 5.56 Å². The molecule has 3 aromatic rings. The molecule has 1 spiro atoms. The highest BCUT2D eigenvalue weighted by molar-refractivity contribution is 7.88. The topological polar surface area (TPSA) is 107 Å². The van der Waals surface area contributed by atoms with Crippen LogP contribution in [0.2, 0.25) is 0 Å². The molecule has 1 saturated heterocycles. The molecule has 1 amide bonds. The Morgan fingerprint density at radius 2 is 1.82 bits per heavy atom. The van der Waals surface area contributed by atoms with E-state index in [1.54, 1.807) is 18.2 Å². The van der Waals surface area contributed by atoms with E-state index in [4.69, 9.17) is 9.47 Å². The quantitative estimate of drug-likeness (QED) is 0.431. The monoisotopic (exact) mass is 575 g/mol. The SMILES string of the molecule is Cc1ccc(NC(=O)c2ccnc(C(F)(F)F)c2)cc1-c1ccc2c(c1)OC1(CCOCC1)CC2NS(C)(=O)=O. The van der Waals surface area contributed by atoms with Crippen LogP contribution in [0.4, 0.5) is 18.9 Å². The second-order valence-electron chi connectivity index (χ2n) is 10.2. The molecule has 3 heterocycles. The number of fused-ring (bicyclic) bond motifs is 1. The maximum Gasteiger partial charge on any atom is 0.433 e. The van der Waals surface area contributed by atoms with Crippen LogP contribution in [0.15, 0.2) is 54.7 Å². The normalized spacial score (nSPS) is 18.6. The largest absolute Gasteiger partial charge is 0.487 e. The van der Waals surface area contributed by atoms with Crippen molar-refractivity contribution in [1.29, 1.82) is 0 Å². The lowest BCUT2D eigenvalue weighted by Gasteiger charge is -2.44. The number of nitrogens with zero attached hydrogens (tertiary/aromatic N) is 1. The molecule has 2 N–H and O–H groups in total. The number of pyridine rings is 1. The third-order valence-electron chi connectivity index (χ3n) is 7.17. The number of halogens is 3. The van der Waals surface area contributed by atoms with Crippen molar-refractivity contribution in [2.75, 3.05) is 24.8 Å². The van der Waals surface area contributed by atoms with Crippen molar-refractivity contribution in [2.45, 2.75) is 44.0 Å². The summed E-state index contributed by atoms with van der Waals surface area (Å²) in [6.45, 7) is 2.93. The number of aromatic nitrogens is 1. The average molecular weight is 576 g/mol. The van der Waals surface area contributed by atoms with Gasteiger partial charge in [0.2, 0.25) is 10.0 Å². The molecule has 8 nitrogen and oxygen atoms in total. The van der Waals surface area contributed by atoms with Crippen LogP contribution in [-0.4, -0.2) is 44.4 Å². The van der Waals surface area contributed by atoms with Crippen molar-refractivity contribution in [1.82, 2.24) is 9.71 Å². The van der Waals surface area contributed by atoms with E-state index >= 15 is 0 Å². The first-order valence-electron chi connectivity index (χ1n) is 12.7. The van der Waals surface area contributed by atoms with Crippen LogP contribution in [-0.2, 0) is 20.9 Å². The van der Waals surface area contributed by atoms with Gasteiger partial charge in [-0.15, -0.1) is 0 Å². The van der Waals surface area contributed by atoms with E-state index in [9.17, 15) is 26.4 Å². The molecule has 2 aromatic carbocycles. The first-order chi connectivity index (χ1) is 18.8. The number of benzene rings is 2. The predicted octanol–water partition coefficient (Wildman–Crippen LogP) is 5.25. The summed E-state index contributed by atoms with van der Waals surface area (Å²) in [5.74, 6) is -0.135. The molecule has 12 heteroatoms. The number of aryl methyl sites for hydroxylation is 1. The van der Waals surface area contributed by atoms with Crippen LogP contribution in [0.1, 0.15) is 52.5 Å². The Kier molecular flexibility index (Phi) is 7.36. The van der Waals surface area contributed by atoms with Gasteiger partial charge in [-0.05, 0) is 53.9 Å². The number of nitrogens with one attached hydrogen (secondary N) is 2. The molecular weight excluding hydrogens is 547 g/mol. The Labute approximate surface area is 230 Å². The van der Waals surface area contributed by atoms with Gasteiger partial charge in [-0.3, -0.25) is 9.78 Å². The number of anilines is 1. The number of alkyl halides is 3. The molecule has 0 bridgehead atoms. The first-order valence-corrected chi connectivity index (χ1v) is 14.5. The zero-order valence-corrected chi connectivity index (χ0v) is 22.7. The Morgan fingerprint density at radius 1 is 1.07 bits per heavy atom. The predicted molar refractivity (Wildman–Crippen MR) is 143 cm³/mol. The van der Waals surface area contributed by atoms with Gasteiger partial charge in [-0.2, -0.15) is 13.2 Å². The molecule has 5 rings (SSSR count). The molecule has 0 radical (unpaired) electrons. The van der Waals surface area contributed by atoms with Crippen molar-refractivity contribution in [2.24, 2.45) is 0 Å². The van der Waals surface area contributed by atoms with E-state index in [0.717, 1.165) is 34.7 Å². The summed E-state index contributed by atoms with van der Waals surface area (Å²) in [7, 11) is -3.49. The highest BCUT2D eigenvalue weighted by atomic mass is 32.2. The van der Waals surface area contributed by atoms with Crippen LogP contribution in [0, 0.1) is 6.92 Å². The molecule has 212 valence electrons. The summed E-state index contributed by atoms with van der Waals surface area (Å²) in [4.78, 5) is 16.0. The molecule has 1 unspecified atom stereocenters. The van der Waals surface area contributed by atoms with Gasteiger partial charge in [0, 0.05) is 42.3 Å². The standard InChI is InChI=1S/C28H28F3N3O5S/c1-17-3-5-20(33-26(35)19-7-10-32-25(14-19)28(29,30)31)15-22(17)18-4-6-21-23(34-40(2,36)37)16-27(39-24(21)13-18)8-11-38-12-9-27/h3-7,10,13-15,23,34H,8-9,11-12,16H2,1-2H3,(H,33,35). The molecule has 1 fully saturated rings. The minimum Gasteiger partial charge on any atom is -0.487 e. The molecule has 1 aromatic heterocycles. The summed E-state index contributed by atoms with van der Waals surface area (Å²) in [5.41, 5.74) is 1.69. The van der Waals surface area contributed by atoms with Crippen LogP contribution in [0.5, 0.6) is 5.75 Å². The zero-order chi connectivity index (χ0) is 28.7. The Balaban J connectivity index is 1.46. The van der Waals surface area contributed by atoms with Gasteiger partial charge in [0.25, 0.3) is 5.91 Å². The third kappa shape index (κ3) is 6.13. The van der Waals surface area contributed by atoms with E-state index in [1.807, 2.05) is 25.1 Å². The minimum absolute atomic E-state index is 0.169. The maximum atomic E-state index is 13.0. The van der Waals surface area contributed by atoms with Crippen molar-refractivity contribution < 1.29 is 35.9 Å². The second kappa shape index (κ2) is 10.5. The number of hydrogen-bond acceptors (Lipinski definition) is 6. The summed E-state index contributed by atoms with van der Waals surface area (Å²) in [6, 6.07) is 12.2. The van der Waals surface area contributed by atoms with Crippen molar-refractivity contribution in [3.8, 4) is 16.9 Å². The minimum atomic E-state index is -4.67. The molecule has 2 aliphatic heterocycles. The van der Waals surface area contributed by atoms with E-state index in [2.05, 4.69) is 15.0 Å². The summed E-state index contributed by atoms with van der Waals surface area (Å²) in [5, 5.41) is 2.66. The zero-order valence-electron chi connectivity index (χ0n) is 21.8. The van der Waals surface area contributed by atoms with Gasteiger partial charge in [0.1, 0.15) is 17.0 Å². The van der Waals surface area contributed by atoms with Crippen molar-refractivity contribution >= 4 is 21.6 Å². The Morgan fingerprint density at radius 3 is 2.52 bits per heavy atom. The first kappa shape index (κ1) is 28.1. The van der Waals surface area contributed by atoms with Crippen molar-refractivity contribution in [3.05, 3.63) is 77.1 Å². The highest BCUT2D eigenvalue weighted by Gasteiger charge is 2.43. The number of hydrogen-bond donors (Lipinski definition) is 2. The number of sulfonamides is 1. The molecule has 0 saturated carbocycles. The lowest BCUT2D eigenvalue weighted by Crippen LogP contribution is -2.48. The average Bonchev–Trinajstić information content (AvgIpc) is 2.88. The lowest BCUT2D eigenvalue weighted by atomic mass is 9.82. The number of amides is 1. The maximum absolute atomic E-state index is 13.0. The summed E-state index contributed by atoms with van der Waals surface area (Å²) in [6.07, 6.45) is -0.842. The number of carbonyl (C=O) groups excluding carboxylic acids is 1. The van der Waals surface area contributed by atoms with Gasteiger partial charge < -0.3 is 14.8 Å². The molecule has 1 atom stereocenters. The van der Waals surface area contributed by atoms with E-state index in [1.165, 1.54) is 6.07 Å². The van der Waals surface area contributed by atoms with Crippen LogP contribution >= 0.6 is 0 Å². The van der Waals surface area contributed by atoms with E-state index < -0.39 is 39.4 Å². The molecule has 0 aliphatic carbocycles. The molecule has 2 aliphatic rings. The van der Waals surface area contributed by atoms with Crippen LogP contribution in [0.3, 0.4) is 0 Å².